The smallest absolute Gasteiger partial charge is 0.335 e. The van der Waals surface area contributed by atoms with Gasteiger partial charge < -0.3 is 21.7 Å². The van der Waals surface area contributed by atoms with E-state index in [2.05, 4.69) is 11.5 Å². The van der Waals surface area contributed by atoms with Gasteiger partial charge in [-0.3, -0.25) is 0 Å². The Morgan fingerprint density at radius 2 is 0.815 bits per heavy atom. The maximum absolute atomic E-state index is 10.3. The van der Waals surface area contributed by atoms with Gasteiger partial charge in [-0.1, -0.05) is 0 Å². The Balaban J connectivity index is 0.000000438. The Labute approximate surface area is 186 Å². The van der Waals surface area contributed by atoms with Crippen molar-refractivity contribution in [3.05, 3.63) is 35.4 Å². The van der Waals surface area contributed by atoms with Gasteiger partial charge in [0.05, 0.1) is 43.4 Å². The van der Waals surface area contributed by atoms with Crippen molar-refractivity contribution in [2.45, 2.75) is 32.3 Å². The van der Waals surface area contributed by atoms with Crippen LogP contribution in [0.15, 0.2) is 24.3 Å². The first kappa shape index (κ1) is 26.8. The largest absolute Gasteiger partial charge is 0.478 e. The molecule has 0 radical (unpaired) electrons. The van der Waals surface area contributed by atoms with Crippen LogP contribution in [0.3, 0.4) is 0 Å². The molecule has 1 aliphatic rings. The van der Waals surface area contributed by atoms with Gasteiger partial charge in [0.1, 0.15) is 0 Å². The van der Waals surface area contributed by atoms with Gasteiger partial charge in [0.15, 0.2) is 0 Å². The Morgan fingerprint density at radius 1 is 0.667 bits per heavy atom. The molecule has 2 rings (SSSR count). The van der Waals surface area contributed by atoms with Crippen LogP contribution in [0.5, 0.6) is 0 Å². The Kier molecular flexibility index (Phi) is 13.0. The molecule has 1 aliphatic carbocycles. The van der Waals surface area contributed by atoms with Gasteiger partial charge in [0, 0.05) is 6.67 Å². The first-order valence-electron chi connectivity index (χ1n) is 7.30. The zero-order chi connectivity index (χ0) is 21.3. The number of halogens is 6. The minimum atomic E-state index is -1.06. The summed E-state index contributed by atoms with van der Waals surface area (Å²) in [6, 6.07) is 5.02. The predicted octanol–water partition coefficient (Wildman–Crippen LogP) is 3.59. The van der Waals surface area contributed by atoms with E-state index in [1.165, 1.54) is 24.3 Å². The van der Waals surface area contributed by atoms with Gasteiger partial charge in [0.25, 0.3) is 0 Å². The van der Waals surface area contributed by atoms with Crippen LogP contribution in [0.2, 0.25) is 0 Å². The summed E-state index contributed by atoms with van der Waals surface area (Å²) < 4.78 is 0. The molecule has 1 aromatic carbocycles. The Morgan fingerprint density at radius 3 is 0.926 bits per heavy atom. The summed E-state index contributed by atoms with van der Waals surface area (Å²) >= 11 is 35.3. The lowest BCUT2D eigenvalue weighted by atomic mass is 9.97. The molecule has 1 saturated carbocycles. The molecular weight excluding hydrogens is 485 g/mol. The number of aromatic carboxylic acids is 2. The van der Waals surface area contributed by atoms with Gasteiger partial charge >= 0.3 is 11.9 Å². The lowest BCUT2D eigenvalue weighted by Crippen LogP contribution is -2.52. The highest BCUT2D eigenvalue weighted by atomic mass is 35.5. The molecule has 0 bridgehead atoms. The molecule has 0 heterocycles. The van der Waals surface area contributed by atoms with Crippen LogP contribution in [0.4, 0.5) is 0 Å². The number of rotatable bonds is 2. The summed E-state index contributed by atoms with van der Waals surface area (Å²) in [5.41, 5.74) is 9.42. The first-order valence-corrected chi connectivity index (χ1v) is 9.92. The second-order valence-electron chi connectivity index (χ2n) is 5.09. The third-order valence-corrected chi connectivity index (χ3v) is 7.24. The van der Waals surface area contributed by atoms with Gasteiger partial charge in [-0.2, -0.15) is 0 Å². The molecule has 1 fully saturated rings. The zero-order valence-corrected chi connectivity index (χ0v) is 18.1. The van der Waals surface area contributed by atoms with Crippen LogP contribution >= 0.6 is 69.6 Å². The maximum Gasteiger partial charge on any atom is 0.335 e. The zero-order valence-electron chi connectivity index (χ0n) is 13.6. The average molecular weight is 503 g/mol. The van der Waals surface area contributed by atoms with E-state index in [0.717, 1.165) is 0 Å². The van der Waals surface area contributed by atoms with Crippen molar-refractivity contribution in [2.75, 3.05) is 6.67 Å². The number of hydrogen-bond acceptors (Lipinski definition) is 4. The fraction of sp³-hybridized carbons (Fsp3) is 0.467. The predicted molar refractivity (Wildman–Crippen MR) is 111 cm³/mol. The fourth-order valence-corrected chi connectivity index (χ4v) is 4.14. The Bertz CT molecular complexity index is 515. The summed E-state index contributed by atoms with van der Waals surface area (Å²) in [4.78, 5) is 20.7. The molecule has 0 spiro atoms. The van der Waals surface area contributed by atoms with Crippen molar-refractivity contribution in [1.29, 1.82) is 0 Å². The molecule has 0 unspecified atom stereocenters. The van der Waals surface area contributed by atoms with E-state index in [-0.39, 0.29) is 17.8 Å². The van der Waals surface area contributed by atoms with Gasteiger partial charge in [-0.25, -0.2) is 9.59 Å². The number of alkyl halides is 6. The number of hydrogen-bond donors (Lipinski definition) is 4. The van der Waals surface area contributed by atoms with Crippen molar-refractivity contribution >= 4 is 81.5 Å². The second kappa shape index (κ2) is 13.1. The van der Waals surface area contributed by atoms with Crippen LogP contribution in [0, 0.1) is 0 Å². The minimum Gasteiger partial charge on any atom is -0.478 e. The van der Waals surface area contributed by atoms with Crippen molar-refractivity contribution in [3.63, 3.8) is 0 Å². The second-order valence-corrected chi connectivity index (χ2v) is 8.11. The van der Waals surface area contributed by atoms with Crippen LogP contribution in [0.1, 0.15) is 20.7 Å². The van der Waals surface area contributed by atoms with E-state index < -0.39 is 44.2 Å². The highest BCUT2D eigenvalue weighted by Gasteiger charge is 2.46. The highest BCUT2D eigenvalue weighted by Crippen LogP contribution is 2.39. The summed E-state index contributed by atoms with van der Waals surface area (Å²) in [5, 5.41) is 14.3. The van der Waals surface area contributed by atoms with E-state index in [1.54, 1.807) is 0 Å². The van der Waals surface area contributed by atoms with Gasteiger partial charge in [-0.15, -0.1) is 69.6 Å². The molecule has 154 valence electrons. The Hall–Kier alpha value is -0.180. The number of carbonyl (C=O) groups is 2. The van der Waals surface area contributed by atoms with E-state index in [0.29, 0.717) is 0 Å². The lowest BCUT2D eigenvalue weighted by Gasteiger charge is -2.37. The number of nitrogens with two attached hydrogens (primary N) is 2. The summed E-state index contributed by atoms with van der Waals surface area (Å²) in [6.07, 6.45) is 0. The van der Waals surface area contributed by atoms with E-state index >= 15 is 0 Å². The SMILES string of the molecule is ClC1C(Cl)C(Cl)C(Cl)C(Cl)C1Cl.NCN.O=C(O)c1ccc(C(=O)O)cc1. The third kappa shape index (κ3) is 8.38. The molecule has 0 amide bonds. The topological polar surface area (TPSA) is 127 Å². The molecule has 6 N–H and O–H groups in total. The van der Waals surface area contributed by atoms with Crippen LogP contribution in [-0.2, 0) is 0 Å². The standard InChI is InChI=1S/C8H6O4.C6H6Cl6.CH6N2/c9-7(10)5-1-2-6(4-3-5)8(11)12;7-1-2(8)4(10)6(12)5(11)3(1)9;2-1-3/h1-4H,(H,9,10)(H,11,12);1-6H;1-3H2. The van der Waals surface area contributed by atoms with Crippen LogP contribution in [-0.4, -0.2) is 61.1 Å². The molecule has 0 atom stereocenters. The fourth-order valence-electron chi connectivity index (χ4n) is 1.81. The molecule has 0 saturated heterocycles. The van der Waals surface area contributed by atoms with E-state index in [1.807, 2.05) is 0 Å². The van der Waals surface area contributed by atoms with Crippen molar-refractivity contribution < 1.29 is 19.8 Å². The van der Waals surface area contributed by atoms with Crippen molar-refractivity contribution in [2.24, 2.45) is 11.5 Å². The van der Waals surface area contributed by atoms with Crippen LogP contribution in [0.25, 0.3) is 0 Å². The van der Waals surface area contributed by atoms with Crippen LogP contribution < -0.4 is 11.5 Å². The van der Waals surface area contributed by atoms with Crippen molar-refractivity contribution in [3.8, 4) is 0 Å². The molecule has 27 heavy (non-hydrogen) atoms. The van der Waals surface area contributed by atoms with E-state index in [4.69, 9.17) is 79.8 Å². The number of benzene rings is 1. The summed E-state index contributed by atoms with van der Waals surface area (Å²) in [7, 11) is 0. The average Bonchev–Trinajstić information content (AvgIpc) is 2.64. The third-order valence-electron chi connectivity index (χ3n) is 3.20. The number of carboxylic acids is 2. The van der Waals surface area contributed by atoms with Gasteiger partial charge in [0.2, 0.25) is 0 Å². The molecule has 0 aromatic heterocycles. The highest BCUT2D eigenvalue weighted by molar-refractivity contribution is 6.45. The maximum atomic E-state index is 10.3. The molecule has 0 aliphatic heterocycles. The monoisotopic (exact) mass is 500 g/mol. The van der Waals surface area contributed by atoms with Gasteiger partial charge in [-0.05, 0) is 24.3 Å². The number of carboxylic acid groups (broad SMARTS) is 2. The van der Waals surface area contributed by atoms with Crippen molar-refractivity contribution in [1.82, 2.24) is 0 Å². The first-order chi connectivity index (χ1) is 12.5. The lowest BCUT2D eigenvalue weighted by molar-refractivity contribution is 0.0681. The molecule has 1 aromatic rings. The quantitative estimate of drug-likeness (QED) is 0.361. The minimum absolute atomic E-state index is 0.0833. The summed E-state index contributed by atoms with van der Waals surface area (Å²) in [5.74, 6) is -2.13. The molecule has 12 heteroatoms. The summed E-state index contributed by atoms with van der Waals surface area (Å²) in [6.45, 7) is 0.250. The van der Waals surface area contributed by atoms with E-state index in [9.17, 15) is 9.59 Å². The molecular formula is C15H18Cl6N2O4. The molecule has 6 nitrogen and oxygen atoms in total. The normalized spacial score (nSPS) is 29.5.